The zero-order chi connectivity index (χ0) is 13.5. The van der Waals surface area contributed by atoms with Gasteiger partial charge in [0.15, 0.2) is 0 Å². The van der Waals surface area contributed by atoms with Crippen LogP contribution >= 0.6 is 0 Å². The van der Waals surface area contributed by atoms with Crippen LogP contribution in [-0.2, 0) is 0 Å². The lowest BCUT2D eigenvalue weighted by Crippen LogP contribution is -1.89. The second-order valence-electron chi connectivity index (χ2n) is 4.79. The third-order valence-corrected chi connectivity index (χ3v) is 3.50. The predicted molar refractivity (Wildman–Crippen MR) is 79.5 cm³/mol. The molecule has 1 aromatic carbocycles. The van der Waals surface area contributed by atoms with E-state index in [-0.39, 0.29) is 0 Å². The van der Waals surface area contributed by atoms with E-state index in [0.29, 0.717) is 5.71 Å². The summed E-state index contributed by atoms with van der Waals surface area (Å²) in [6, 6.07) is 16.0. The lowest BCUT2D eigenvalue weighted by atomic mass is 10.1. The minimum atomic E-state index is 0.684. The second kappa shape index (κ2) is 4.17. The van der Waals surface area contributed by atoms with Gasteiger partial charge in [0.1, 0.15) is 5.58 Å². The molecule has 3 heterocycles. The van der Waals surface area contributed by atoms with Crippen LogP contribution in [0.3, 0.4) is 0 Å². The number of benzene rings is 1. The van der Waals surface area contributed by atoms with Crippen LogP contribution in [-0.4, -0.2) is 9.97 Å². The molecule has 3 heteroatoms. The van der Waals surface area contributed by atoms with Gasteiger partial charge in [-0.25, -0.2) is 4.98 Å². The van der Waals surface area contributed by atoms with Crippen LogP contribution in [0, 0.1) is 6.92 Å². The number of hydrogen-bond donors (Lipinski definition) is 0. The van der Waals surface area contributed by atoms with Crippen molar-refractivity contribution in [2.24, 2.45) is 0 Å². The third-order valence-electron chi connectivity index (χ3n) is 3.50. The molecule has 0 bridgehead atoms. The van der Waals surface area contributed by atoms with Gasteiger partial charge >= 0.3 is 0 Å². The van der Waals surface area contributed by atoms with E-state index < -0.39 is 0 Å². The van der Waals surface area contributed by atoms with Crippen LogP contribution in [0.4, 0.5) is 0 Å². The van der Waals surface area contributed by atoms with E-state index in [0.717, 1.165) is 33.3 Å². The summed E-state index contributed by atoms with van der Waals surface area (Å²) in [5, 5.41) is 2.12. The van der Waals surface area contributed by atoms with Gasteiger partial charge in [0, 0.05) is 22.5 Å². The van der Waals surface area contributed by atoms with E-state index in [1.54, 1.807) is 6.20 Å². The smallest absolute Gasteiger partial charge is 0.227 e. The van der Waals surface area contributed by atoms with Gasteiger partial charge in [-0.3, -0.25) is 4.98 Å². The molecule has 0 atom stereocenters. The highest BCUT2D eigenvalue weighted by atomic mass is 16.3. The van der Waals surface area contributed by atoms with Crippen molar-refractivity contribution in [3.63, 3.8) is 0 Å². The summed E-state index contributed by atoms with van der Waals surface area (Å²) < 4.78 is 5.79. The van der Waals surface area contributed by atoms with Crippen molar-refractivity contribution in [1.29, 1.82) is 0 Å². The highest BCUT2D eigenvalue weighted by Crippen LogP contribution is 2.31. The Morgan fingerprint density at radius 3 is 2.65 bits per heavy atom. The Labute approximate surface area is 115 Å². The topological polar surface area (TPSA) is 38.9 Å². The number of hydrogen-bond acceptors (Lipinski definition) is 3. The Morgan fingerprint density at radius 1 is 0.950 bits per heavy atom. The number of pyridine rings is 2. The first-order valence-electron chi connectivity index (χ1n) is 6.53. The normalized spacial score (nSPS) is 11.2. The maximum atomic E-state index is 5.79. The summed E-state index contributed by atoms with van der Waals surface area (Å²) >= 11 is 0. The molecule has 0 amide bonds. The second-order valence-corrected chi connectivity index (χ2v) is 4.79. The van der Waals surface area contributed by atoms with Crippen molar-refractivity contribution in [3.05, 3.63) is 60.4 Å². The maximum Gasteiger partial charge on any atom is 0.227 e. The fraction of sp³-hybridized carbons (Fsp3) is 0.0588. The van der Waals surface area contributed by atoms with Gasteiger partial charge < -0.3 is 4.42 Å². The van der Waals surface area contributed by atoms with Crippen LogP contribution in [0.15, 0.2) is 59.1 Å². The van der Waals surface area contributed by atoms with E-state index in [2.05, 4.69) is 22.1 Å². The molecule has 0 saturated carbocycles. The summed E-state index contributed by atoms with van der Waals surface area (Å²) in [5.74, 6) is 0. The molecule has 0 radical (unpaired) electrons. The molecular formula is C17H12N2O. The molecule has 0 fully saturated rings. The zero-order valence-corrected chi connectivity index (χ0v) is 11.0. The molecule has 0 aliphatic heterocycles. The Balaban J connectivity index is 2.08. The van der Waals surface area contributed by atoms with Crippen molar-refractivity contribution in [2.45, 2.75) is 6.92 Å². The maximum absolute atomic E-state index is 5.79. The van der Waals surface area contributed by atoms with E-state index >= 15 is 0 Å². The number of fused-ring (bicyclic) bond motifs is 3. The average molecular weight is 260 g/mol. The molecule has 0 spiro atoms. The van der Waals surface area contributed by atoms with Gasteiger partial charge in [-0.05, 0) is 31.2 Å². The van der Waals surface area contributed by atoms with E-state index in [1.807, 2.05) is 43.3 Å². The third kappa shape index (κ3) is 1.60. The van der Waals surface area contributed by atoms with E-state index in [9.17, 15) is 0 Å². The number of aromatic nitrogens is 2. The van der Waals surface area contributed by atoms with Gasteiger partial charge in [0.2, 0.25) is 5.71 Å². The van der Waals surface area contributed by atoms with Crippen molar-refractivity contribution in [1.82, 2.24) is 9.97 Å². The zero-order valence-electron chi connectivity index (χ0n) is 11.0. The summed E-state index contributed by atoms with van der Waals surface area (Å²) in [6.07, 6.45) is 1.80. The molecule has 20 heavy (non-hydrogen) atoms. The number of para-hydroxylation sites is 1. The molecule has 0 N–H and O–H groups in total. The molecule has 0 unspecified atom stereocenters. The SMILES string of the molecule is Cc1nc2oc3ccccc3c2cc1-c1ccccn1. The minimum Gasteiger partial charge on any atom is -0.438 e. The highest BCUT2D eigenvalue weighted by molar-refractivity contribution is 6.04. The first-order valence-corrected chi connectivity index (χ1v) is 6.53. The van der Waals surface area contributed by atoms with E-state index in [1.165, 1.54) is 0 Å². The molecule has 96 valence electrons. The van der Waals surface area contributed by atoms with Crippen LogP contribution in [0.25, 0.3) is 33.3 Å². The van der Waals surface area contributed by atoms with Crippen LogP contribution in [0.5, 0.6) is 0 Å². The van der Waals surface area contributed by atoms with Crippen molar-refractivity contribution < 1.29 is 4.42 Å². The van der Waals surface area contributed by atoms with Gasteiger partial charge in [-0.2, -0.15) is 0 Å². The number of aryl methyl sites for hydroxylation is 1. The first kappa shape index (κ1) is 11.2. The fourth-order valence-electron chi connectivity index (χ4n) is 2.52. The average Bonchev–Trinajstić information content (AvgIpc) is 2.84. The number of nitrogens with zero attached hydrogens (tertiary/aromatic N) is 2. The molecule has 0 aliphatic carbocycles. The van der Waals surface area contributed by atoms with Gasteiger partial charge in [0.25, 0.3) is 0 Å². The lowest BCUT2D eigenvalue weighted by Gasteiger charge is -2.04. The van der Waals surface area contributed by atoms with Gasteiger partial charge in [-0.15, -0.1) is 0 Å². The summed E-state index contributed by atoms with van der Waals surface area (Å²) in [5.41, 5.74) is 4.46. The first-order chi connectivity index (χ1) is 9.83. The Bertz CT molecular complexity index is 910. The van der Waals surface area contributed by atoms with Crippen LogP contribution in [0.2, 0.25) is 0 Å². The summed E-state index contributed by atoms with van der Waals surface area (Å²) in [6.45, 7) is 1.98. The van der Waals surface area contributed by atoms with E-state index in [4.69, 9.17) is 4.42 Å². The minimum absolute atomic E-state index is 0.684. The van der Waals surface area contributed by atoms with Crippen LogP contribution < -0.4 is 0 Å². The Kier molecular flexibility index (Phi) is 2.33. The molecule has 3 nitrogen and oxygen atoms in total. The number of rotatable bonds is 1. The number of furan rings is 1. The molecule has 4 rings (SSSR count). The Morgan fingerprint density at radius 2 is 1.80 bits per heavy atom. The predicted octanol–water partition coefficient (Wildman–Crippen LogP) is 4.35. The van der Waals surface area contributed by atoms with Crippen molar-refractivity contribution >= 4 is 22.1 Å². The monoisotopic (exact) mass is 260 g/mol. The van der Waals surface area contributed by atoms with Gasteiger partial charge in [-0.1, -0.05) is 24.3 Å². The van der Waals surface area contributed by atoms with Gasteiger partial charge in [0.05, 0.1) is 11.4 Å². The fourth-order valence-corrected chi connectivity index (χ4v) is 2.52. The largest absolute Gasteiger partial charge is 0.438 e. The Hall–Kier alpha value is -2.68. The molecule has 0 saturated heterocycles. The quantitative estimate of drug-likeness (QED) is 0.510. The van der Waals surface area contributed by atoms with Crippen molar-refractivity contribution in [2.75, 3.05) is 0 Å². The molecule has 4 aromatic rings. The standard InChI is InChI=1S/C17H12N2O/c1-11-13(15-7-4-5-9-18-15)10-14-12-6-2-3-8-16(12)20-17(14)19-11/h2-10H,1H3. The molecular weight excluding hydrogens is 248 g/mol. The van der Waals surface area contributed by atoms with Crippen LogP contribution in [0.1, 0.15) is 5.69 Å². The lowest BCUT2D eigenvalue weighted by molar-refractivity contribution is 0.653. The highest BCUT2D eigenvalue weighted by Gasteiger charge is 2.12. The van der Waals surface area contributed by atoms with Crippen molar-refractivity contribution in [3.8, 4) is 11.3 Å². The summed E-state index contributed by atoms with van der Waals surface area (Å²) in [7, 11) is 0. The molecule has 0 aliphatic rings. The summed E-state index contributed by atoms with van der Waals surface area (Å²) in [4.78, 5) is 8.99. The molecule has 3 aromatic heterocycles.